The molecule has 1 heterocycles. The van der Waals surface area contributed by atoms with Crippen molar-refractivity contribution in [1.29, 1.82) is 0 Å². The number of hydrogen-bond acceptors (Lipinski definition) is 1. The molecule has 0 aliphatic rings. The molecule has 0 fully saturated rings. The Morgan fingerprint density at radius 1 is 1.27 bits per heavy atom. The van der Waals surface area contributed by atoms with Gasteiger partial charge in [-0.3, -0.25) is 0 Å². The molecule has 0 radical (unpaired) electrons. The van der Waals surface area contributed by atoms with Gasteiger partial charge in [-0.25, -0.2) is 0 Å². The van der Waals surface area contributed by atoms with Crippen molar-refractivity contribution in [2.24, 2.45) is 0 Å². The standard InChI is InChI=1S/C9H5BrF3NS/c10-5-1-2-6-7(3-5)14-4-8(6)15-9(11,12)13/h1-4,14H. The van der Waals surface area contributed by atoms with Crippen LogP contribution in [0.1, 0.15) is 0 Å². The maximum Gasteiger partial charge on any atom is 0.446 e. The smallest absolute Gasteiger partial charge is 0.360 e. The van der Waals surface area contributed by atoms with Crippen molar-refractivity contribution in [3.05, 3.63) is 28.9 Å². The molecule has 6 heteroatoms. The van der Waals surface area contributed by atoms with Gasteiger partial charge in [-0.15, -0.1) is 0 Å². The van der Waals surface area contributed by atoms with E-state index in [1.165, 1.54) is 6.20 Å². The van der Waals surface area contributed by atoms with Gasteiger partial charge in [0.2, 0.25) is 0 Å². The molecule has 2 rings (SSSR count). The summed E-state index contributed by atoms with van der Waals surface area (Å²) >= 11 is 3.15. The van der Waals surface area contributed by atoms with E-state index in [1.54, 1.807) is 18.2 Å². The Kier molecular flexibility index (Phi) is 2.72. The first-order valence-electron chi connectivity index (χ1n) is 3.98. The number of H-pyrrole nitrogens is 1. The van der Waals surface area contributed by atoms with Gasteiger partial charge in [-0.2, -0.15) is 13.2 Å². The molecule has 0 atom stereocenters. The van der Waals surface area contributed by atoms with E-state index in [4.69, 9.17) is 0 Å². The zero-order valence-electron chi connectivity index (χ0n) is 7.23. The molecule has 1 N–H and O–H groups in total. The van der Waals surface area contributed by atoms with Gasteiger partial charge in [0, 0.05) is 26.5 Å². The first-order valence-corrected chi connectivity index (χ1v) is 5.59. The summed E-state index contributed by atoms with van der Waals surface area (Å²) in [6.45, 7) is 0. The number of alkyl halides is 3. The predicted octanol–water partition coefficient (Wildman–Crippen LogP) is 4.54. The molecule has 15 heavy (non-hydrogen) atoms. The molecule has 80 valence electrons. The Morgan fingerprint density at radius 3 is 2.67 bits per heavy atom. The first kappa shape index (κ1) is 10.9. The van der Waals surface area contributed by atoms with E-state index in [-0.39, 0.29) is 16.7 Å². The molecule has 2 aromatic rings. The monoisotopic (exact) mass is 295 g/mol. The average molecular weight is 296 g/mol. The Balaban J connectivity index is 2.45. The molecule has 0 amide bonds. The van der Waals surface area contributed by atoms with Gasteiger partial charge >= 0.3 is 5.51 Å². The number of benzene rings is 1. The van der Waals surface area contributed by atoms with Gasteiger partial charge < -0.3 is 4.98 Å². The minimum Gasteiger partial charge on any atom is -0.360 e. The normalized spacial score (nSPS) is 12.3. The molecule has 1 nitrogen and oxygen atoms in total. The molecule has 0 saturated carbocycles. The molecule has 0 unspecified atom stereocenters. The van der Waals surface area contributed by atoms with Crippen LogP contribution >= 0.6 is 27.7 Å². The van der Waals surface area contributed by atoms with E-state index in [9.17, 15) is 13.2 Å². The third-order valence-corrected chi connectivity index (χ3v) is 3.11. The van der Waals surface area contributed by atoms with Gasteiger partial charge in [0.05, 0.1) is 0 Å². The van der Waals surface area contributed by atoms with Gasteiger partial charge in [0.25, 0.3) is 0 Å². The van der Waals surface area contributed by atoms with E-state index < -0.39 is 5.51 Å². The quantitative estimate of drug-likeness (QED) is 0.764. The Bertz CT molecular complexity index is 492. The SMILES string of the molecule is FC(F)(F)Sc1c[nH]c2cc(Br)ccc12. The van der Waals surface area contributed by atoms with Crippen LogP contribution in [0.15, 0.2) is 33.8 Å². The maximum absolute atomic E-state index is 12.2. The highest BCUT2D eigenvalue weighted by Crippen LogP contribution is 2.40. The van der Waals surface area contributed by atoms with Gasteiger partial charge in [0.15, 0.2) is 0 Å². The van der Waals surface area contributed by atoms with E-state index in [1.807, 2.05) is 0 Å². The highest BCUT2D eigenvalue weighted by Gasteiger charge is 2.30. The third-order valence-electron chi connectivity index (χ3n) is 1.83. The van der Waals surface area contributed by atoms with Gasteiger partial charge in [-0.05, 0) is 23.9 Å². The molecular weight excluding hydrogens is 291 g/mol. The minimum absolute atomic E-state index is 0.104. The van der Waals surface area contributed by atoms with E-state index in [0.717, 1.165) is 4.47 Å². The molecule has 1 aromatic heterocycles. The van der Waals surface area contributed by atoms with Crippen LogP contribution in [0.3, 0.4) is 0 Å². The predicted molar refractivity (Wildman–Crippen MR) is 57.9 cm³/mol. The lowest BCUT2D eigenvalue weighted by Crippen LogP contribution is -1.98. The van der Waals surface area contributed by atoms with Crippen molar-refractivity contribution >= 4 is 38.6 Å². The second kappa shape index (κ2) is 3.75. The van der Waals surface area contributed by atoms with Gasteiger partial charge in [0.1, 0.15) is 0 Å². The van der Waals surface area contributed by atoms with E-state index in [2.05, 4.69) is 20.9 Å². The number of thioether (sulfide) groups is 1. The van der Waals surface area contributed by atoms with Crippen LogP contribution < -0.4 is 0 Å². The van der Waals surface area contributed by atoms with Crippen LogP contribution in [0.4, 0.5) is 13.2 Å². The Morgan fingerprint density at radius 2 is 2.00 bits per heavy atom. The fourth-order valence-electron chi connectivity index (χ4n) is 1.28. The number of aromatic amines is 1. The van der Waals surface area contributed by atoms with Crippen LogP contribution in [-0.2, 0) is 0 Å². The average Bonchev–Trinajstić information content (AvgIpc) is 2.45. The summed E-state index contributed by atoms with van der Waals surface area (Å²) in [5.74, 6) is 0. The van der Waals surface area contributed by atoms with E-state index >= 15 is 0 Å². The highest BCUT2D eigenvalue weighted by molar-refractivity contribution is 9.10. The Labute approximate surface area is 96.2 Å². The second-order valence-corrected chi connectivity index (χ2v) is 4.91. The Hall–Kier alpha value is -0.620. The summed E-state index contributed by atoms with van der Waals surface area (Å²) in [6, 6.07) is 5.12. The van der Waals surface area contributed by atoms with Crippen molar-refractivity contribution in [3.8, 4) is 0 Å². The van der Waals surface area contributed by atoms with Gasteiger partial charge in [-0.1, -0.05) is 22.0 Å². The summed E-state index contributed by atoms with van der Waals surface area (Å²) in [7, 11) is 0. The number of halogens is 4. The molecule has 0 aliphatic heterocycles. The molecular formula is C9H5BrF3NS. The summed E-state index contributed by atoms with van der Waals surface area (Å²) < 4.78 is 37.3. The van der Waals surface area contributed by atoms with Crippen LogP contribution in [0.25, 0.3) is 10.9 Å². The number of hydrogen-bond donors (Lipinski definition) is 1. The molecule has 0 spiro atoms. The number of fused-ring (bicyclic) bond motifs is 1. The summed E-state index contributed by atoms with van der Waals surface area (Å²) in [4.78, 5) is 3.00. The largest absolute Gasteiger partial charge is 0.446 e. The zero-order chi connectivity index (χ0) is 11.1. The molecule has 1 aromatic carbocycles. The molecule has 0 aliphatic carbocycles. The number of aromatic nitrogens is 1. The minimum atomic E-state index is -4.25. The van der Waals surface area contributed by atoms with Crippen LogP contribution in [0.2, 0.25) is 0 Å². The number of nitrogens with one attached hydrogen (secondary N) is 1. The van der Waals surface area contributed by atoms with E-state index in [0.29, 0.717) is 10.9 Å². The second-order valence-electron chi connectivity index (χ2n) is 2.89. The lowest BCUT2D eigenvalue weighted by Gasteiger charge is -2.03. The number of rotatable bonds is 1. The maximum atomic E-state index is 12.2. The van der Waals surface area contributed by atoms with Crippen LogP contribution in [0, 0.1) is 0 Å². The highest BCUT2D eigenvalue weighted by atomic mass is 79.9. The third kappa shape index (κ3) is 2.49. The zero-order valence-corrected chi connectivity index (χ0v) is 9.63. The lowest BCUT2D eigenvalue weighted by atomic mass is 10.2. The topological polar surface area (TPSA) is 15.8 Å². The lowest BCUT2D eigenvalue weighted by molar-refractivity contribution is -0.0327. The molecule has 0 saturated heterocycles. The summed E-state index contributed by atoms with van der Waals surface area (Å²) in [6.07, 6.45) is 1.37. The van der Waals surface area contributed by atoms with Crippen LogP contribution in [-0.4, -0.2) is 10.5 Å². The van der Waals surface area contributed by atoms with Crippen molar-refractivity contribution in [3.63, 3.8) is 0 Å². The summed E-state index contributed by atoms with van der Waals surface area (Å²) in [5, 5.41) is 0.584. The fourth-order valence-corrected chi connectivity index (χ4v) is 2.30. The van der Waals surface area contributed by atoms with Crippen LogP contribution in [0.5, 0.6) is 0 Å². The van der Waals surface area contributed by atoms with Crippen molar-refractivity contribution in [2.75, 3.05) is 0 Å². The first-order chi connectivity index (χ1) is 6.96. The van der Waals surface area contributed by atoms with Crippen molar-refractivity contribution < 1.29 is 13.2 Å². The fraction of sp³-hybridized carbons (Fsp3) is 0.111. The van der Waals surface area contributed by atoms with Crippen molar-refractivity contribution in [2.45, 2.75) is 10.4 Å². The van der Waals surface area contributed by atoms with Crippen molar-refractivity contribution in [1.82, 2.24) is 4.98 Å². The molecule has 0 bridgehead atoms. The summed E-state index contributed by atoms with van der Waals surface area (Å²) in [5.41, 5.74) is -3.56.